The molecular weight excluding hydrogens is 176 g/mol. The van der Waals surface area contributed by atoms with Gasteiger partial charge in [0.15, 0.2) is 5.82 Å². The van der Waals surface area contributed by atoms with Gasteiger partial charge in [-0.25, -0.2) is 5.84 Å². The fourth-order valence-electron chi connectivity index (χ4n) is 1.31. The quantitative estimate of drug-likeness (QED) is 0.555. The number of hydrazine groups is 1. The van der Waals surface area contributed by atoms with Gasteiger partial charge < -0.3 is 5.43 Å². The van der Waals surface area contributed by atoms with Crippen molar-refractivity contribution in [1.82, 2.24) is 10.2 Å². The van der Waals surface area contributed by atoms with Crippen LogP contribution in [0.1, 0.15) is 32.0 Å². The Kier molecular flexibility index (Phi) is 3.06. The van der Waals surface area contributed by atoms with E-state index >= 15 is 0 Å². The summed E-state index contributed by atoms with van der Waals surface area (Å²) in [4.78, 5) is 0. The summed E-state index contributed by atoms with van der Waals surface area (Å²) in [6, 6.07) is 1.95. The number of hydrogen-bond acceptors (Lipinski definition) is 4. The Morgan fingerprint density at radius 1 is 1.36 bits per heavy atom. The molecule has 0 saturated carbocycles. The van der Waals surface area contributed by atoms with E-state index in [-0.39, 0.29) is 5.41 Å². The molecule has 0 atom stereocenters. The van der Waals surface area contributed by atoms with Crippen molar-refractivity contribution < 1.29 is 0 Å². The summed E-state index contributed by atoms with van der Waals surface area (Å²) >= 11 is 0. The third kappa shape index (κ3) is 2.96. The summed E-state index contributed by atoms with van der Waals surface area (Å²) in [5.41, 5.74) is 4.92. The van der Waals surface area contributed by atoms with Crippen molar-refractivity contribution in [3.05, 3.63) is 17.3 Å². The normalized spacial score (nSPS) is 11.5. The second-order valence-corrected chi connectivity index (χ2v) is 4.72. The summed E-state index contributed by atoms with van der Waals surface area (Å²) in [5.74, 6) is 5.90. The van der Waals surface area contributed by atoms with Gasteiger partial charge in [-0.1, -0.05) is 20.8 Å². The molecule has 4 heteroatoms. The lowest BCUT2D eigenvalue weighted by molar-refractivity contribution is 0.409. The monoisotopic (exact) mass is 194 g/mol. The summed E-state index contributed by atoms with van der Waals surface area (Å²) in [7, 11) is 0. The number of nitrogens with one attached hydrogen (secondary N) is 1. The molecule has 0 amide bonds. The van der Waals surface area contributed by atoms with E-state index in [1.54, 1.807) is 0 Å². The average Bonchev–Trinajstić information content (AvgIpc) is 2.06. The number of hydrogen-bond donors (Lipinski definition) is 2. The van der Waals surface area contributed by atoms with Crippen LogP contribution in [0.3, 0.4) is 0 Å². The number of nitrogens with two attached hydrogens (primary N) is 1. The standard InChI is InChI=1S/C10H18N4/c1-7-8(6-10(2,3)4)5-9(12-11)14-13-7/h5H,6,11H2,1-4H3,(H,12,14). The van der Waals surface area contributed by atoms with Gasteiger partial charge in [0.1, 0.15) is 0 Å². The van der Waals surface area contributed by atoms with E-state index < -0.39 is 0 Å². The summed E-state index contributed by atoms with van der Waals surface area (Å²) in [6.45, 7) is 8.56. The third-order valence-corrected chi connectivity index (χ3v) is 1.95. The number of aromatic nitrogens is 2. The first kappa shape index (κ1) is 10.9. The second-order valence-electron chi connectivity index (χ2n) is 4.72. The van der Waals surface area contributed by atoms with E-state index in [1.807, 2.05) is 13.0 Å². The van der Waals surface area contributed by atoms with Crippen LogP contribution in [-0.2, 0) is 6.42 Å². The van der Waals surface area contributed by atoms with Gasteiger partial charge in [0.05, 0.1) is 5.69 Å². The van der Waals surface area contributed by atoms with Crippen LogP contribution in [0.5, 0.6) is 0 Å². The van der Waals surface area contributed by atoms with E-state index in [9.17, 15) is 0 Å². The zero-order valence-corrected chi connectivity index (χ0v) is 9.26. The maximum atomic E-state index is 5.28. The highest BCUT2D eigenvalue weighted by atomic mass is 15.3. The Bertz CT molecular complexity index is 314. The Hall–Kier alpha value is -1.16. The van der Waals surface area contributed by atoms with Gasteiger partial charge in [0, 0.05) is 0 Å². The number of rotatable bonds is 2. The minimum atomic E-state index is 0.250. The number of nitrogen functional groups attached to an aromatic ring is 1. The minimum Gasteiger partial charge on any atom is -0.307 e. The van der Waals surface area contributed by atoms with Crippen LogP contribution in [0.15, 0.2) is 6.07 Å². The van der Waals surface area contributed by atoms with Gasteiger partial charge in [-0.15, -0.1) is 5.10 Å². The van der Waals surface area contributed by atoms with Crippen molar-refractivity contribution in [2.75, 3.05) is 5.43 Å². The molecule has 0 saturated heterocycles. The lowest BCUT2D eigenvalue weighted by atomic mass is 9.88. The topological polar surface area (TPSA) is 63.8 Å². The summed E-state index contributed by atoms with van der Waals surface area (Å²) < 4.78 is 0. The summed E-state index contributed by atoms with van der Waals surface area (Å²) in [5, 5.41) is 7.94. The van der Waals surface area contributed by atoms with Crippen LogP contribution in [0.25, 0.3) is 0 Å². The highest BCUT2D eigenvalue weighted by molar-refractivity contribution is 5.36. The predicted molar refractivity (Wildman–Crippen MR) is 57.7 cm³/mol. The van der Waals surface area contributed by atoms with Crippen molar-refractivity contribution in [3.63, 3.8) is 0 Å². The molecule has 4 nitrogen and oxygen atoms in total. The Labute approximate surface area is 84.9 Å². The van der Waals surface area contributed by atoms with Crippen LogP contribution < -0.4 is 11.3 Å². The first-order valence-electron chi connectivity index (χ1n) is 4.72. The lowest BCUT2D eigenvalue weighted by Crippen LogP contribution is -2.14. The number of nitrogens with zero attached hydrogens (tertiary/aromatic N) is 2. The van der Waals surface area contributed by atoms with E-state index in [4.69, 9.17) is 5.84 Å². The van der Waals surface area contributed by atoms with E-state index in [0.29, 0.717) is 5.82 Å². The van der Waals surface area contributed by atoms with Gasteiger partial charge in [-0.05, 0) is 30.4 Å². The number of aryl methyl sites for hydroxylation is 1. The van der Waals surface area contributed by atoms with Crippen molar-refractivity contribution in [1.29, 1.82) is 0 Å². The predicted octanol–water partition coefficient (Wildman–Crippen LogP) is 1.66. The fraction of sp³-hybridized carbons (Fsp3) is 0.600. The maximum absolute atomic E-state index is 5.28. The molecule has 78 valence electrons. The zero-order chi connectivity index (χ0) is 10.8. The molecule has 0 aliphatic carbocycles. The van der Waals surface area contributed by atoms with Crippen molar-refractivity contribution in [3.8, 4) is 0 Å². The molecule has 1 aromatic rings. The molecule has 1 aromatic heterocycles. The van der Waals surface area contributed by atoms with Gasteiger partial charge in [0.25, 0.3) is 0 Å². The molecule has 0 aromatic carbocycles. The first-order valence-corrected chi connectivity index (χ1v) is 4.72. The summed E-state index contributed by atoms with van der Waals surface area (Å²) in [6.07, 6.45) is 0.975. The SMILES string of the molecule is Cc1nnc(NN)cc1CC(C)(C)C. The zero-order valence-electron chi connectivity index (χ0n) is 9.26. The Morgan fingerprint density at radius 3 is 2.50 bits per heavy atom. The van der Waals surface area contributed by atoms with Crippen molar-refractivity contribution >= 4 is 5.82 Å². The molecule has 0 fully saturated rings. The Balaban J connectivity index is 2.95. The van der Waals surface area contributed by atoms with E-state index in [1.165, 1.54) is 5.56 Å². The van der Waals surface area contributed by atoms with Gasteiger partial charge in [0.2, 0.25) is 0 Å². The molecule has 0 aliphatic heterocycles. The van der Waals surface area contributed by atoms with Gasteiger partial charge >= 0.3 is 0 Å². The van der Waals surface area contributed by atoms with Crippen LogP contribution in [-0.4, -0.2) is 10.2 Å². The molecule has 0 spiro atoms. The van der Waals surface area contributed by atoms with E-state index in [2.05, 4.69) is 36.4 Å². The Morgan fingerprint density at radius 2 is 2.00 bits per heavy atom. The highest BCUT2D eigenvalue weighted by Gasteiger charge is 2.14. The molecule has 0 radical (unpaired) electrons. The smallest absolute Gasteiger partial charge is 0.162 e. The van der Waals surface area contributed by atoms with Crippen LogP contribution in [0.2, 0.25) is 0 Å². The van der Waals surface area contributed by atoms with Gasteiger partial charge in [-0.2, -0.15) is 5.10 Å². The van der Waals surface area contributed by atoms with Crippen LogP contribution >= 0.6 is 0 Å². The lowest BCUT2D eigenvalue weighted by Gasteiger charge is -2.19. The average molecular weight is 194 g/mol. The second kappa shape index (κ2) is 3.92. The molecule has 14 heavy (non-hydrogen) atoms. The molecule has 1 heterocycles. The number of anilines is 1. The fourth-order valence-corrected chi connectivity index (χ4v) is 1.31. The molecule has 0 unspecified atom stereocenters. The largest absolute Gasteiger partial charge is 0.307 e. The van der Waals surface area contributed by atoms with Gasteiger partial charge in [-0.3, -0.25) is 0 Å². The van der Waals surface area contributed by atoms with E-state index in [0.717, 1.165) is 12.1 Å². The third-order valence-electron chi connectivity index (χ3n) is 1.95. The first-order chi connectivity index (χ1) is 6.42. The highest BCUT2D eigenvalue weighted by Crippen LogP contribution is 2.22. The van der Waals surface area contributed by atoms with Crippen LogP contribution in [0.4, 0.5) is 5.82 Å². The van der Waals surface area contributed by atoms with Crippen molar-refractivity contribution in [2.24, 2.45) is 11.3 Å². The molecular formula is C10H18N4. The van der Waals surface area contributed by atoms with Crippen LogP contribution in [0, 0.1) is 12.3 Å². The maximum Gasteiger partial charge on any atom is 0.162 e. The molecule has 1 rings (SSSR count). The molecule has 0 aliphatic rings. The minimum absolute atomic E-state index is 0.250. The molecule has 0 bridgehead atoms. The van der Waals surface area contributed by atoms with Crippen molar-refractivity contribution in [2.45, 2.75) is 34.1 Å². The molecule has 3 N–H and O–H groups in total.